The maximum Gasteiger partial charge on any atom is 0.305 e. The Morgan fingerprint density at radius 2 is 1.62 bits per heavy atom. The number of esters is 1. The van der Waals surface area contributed by atoms with Crippen molar-refractivity contribution in [2.24, 2.45) is 5.92 Å². The number of hydrogen-bond acceptors (Lipinski definition) is 6. The van der Waals surface area contributed by atoms with Gasteiger partial charge in [-0.2, -0.15) is 0 Å². The molecule has 2 aromatic rings. The van der Waals surface area contributed by atoms with Gasteiger partial charge in [0.15, 0.2) is 5.82 Å². The average Bonchev–Trinajstić information content (AvgIpc) is 3.44. The van der Waals surface area contributed by atoms with Crippen LogP contribution in [0.2, 0.25) is 0 Å². The SMILES string of the molecule is COC(=O)CC1CCN(c2nc3ccccc3n(C3C[C@H]4CC[C@@H](C3)N4C3CCCCCCC3)c2=O)C1. The first kappa shape index (κ1) is 24.9. The zero-order chi connectivity index (χ0) is 25.4. The van der Waals surface area contributed by atoms with E-state index in [1.807, 2.05) is 18.2 Å². The standard InChI is InChI=1S/C30H42N4O3/c1-37-28(35)17-21-15-16-32(20-21)29-30(36)34(27-12-8-7-11-26(27)31-29)25-18-23-13-14-24(19-25)33(23)22-9-5-3-2-4-6-10-22/h7-8,11-12,21-25H,2-6,9-10,13-20H2,1H3/t21?,23-,24+,25?. The van der Waals surface area contributed by atoms with E-state index in [1.165, 1.54) is 64.9 Å². The fraction of sp³-hybridized carbons (Fsp3) is 0.700. The van der Waals surface area contributed by atoms with Gasteiger partial charge in [-0.1, -0.05) is 44.2 Å². The fourth-order valence-corrected chi connectivity index (χ4v) is 7.95. The molecule has 6 rings (SSSR count). The largest absolute Gasteiger partial charge is 0.469 e. The molecule has 0 radical (unpaired) electrons. The molecule has 2 bridgehead atoms. The number of piperidine rings is 1. The molecule has 1 aromatic heterocycles. The van der Waals surface area contributed by atoms with Gasteiger partial charge in [0.25, 0.3) is 5.56 Å². The summed E-state index contributed by atoms with van der Waals surface area (Å²) in [6, 6.07) is 10.3. The molecular weight excluding hydrogens is 464 g/mol. The summed E-state index contributed by atoms with van der Waals surface area (Å²) in [7, 11) is 1.44. The van der Waals surface area contributed by atoms with E-state index in [2.05, 4.69) is 20.4 Å². The van der Waals surface area contributed by atoms with Crippen molar-refractivity contribution < 1.29 is 9.53 Å². The van der Waals surface area contributed by atoms with E-state index in [0.29, 0.717) is 30.9 Å². The Kier molecular flexibility index (Phi) is 7.24. The van der Waals surface area contributed by atoms with Gasteiger partial charge in [0.2, 0.25) is 0 Å². The highest BCUT2D eigenvalue weighted by atomic mass is 16.5. The van der Waals surface area contributed by atoms with Crippen molar-refractivity contribution in [3.63, 3.8) is 0 Å². The highest BCUT2D eigenvalue weighted by molar-refractivity contribution is 5.76. The topological polar surface area (TPSA) is 67.7 Å². The van der Waals surface area contributed by atoms with E-state index in [1.54, 1.807) is 0 Å². The molecule has 0 N–H and O–H groups in total. The van der Waals surface area contributed by atoms with Gasteiger partial charge in [-0.15, -0.1) is 0 Å². The van der Waals surface area contributed by atoms with Crippen LogP contribution in [0.5, 0.6) is 0 Å². The first-order valence-electron chi connectivity index (χ1n) is 14.7. The van der Waals surface area contributed by atoms with Crippen LogP contribution in [0.4, 0.5) is 5.82 Å². The van der Waals surface area contributed by atoms with E-state index < -0.39 is 0 Å². The summed E-state index contributed by atoms with van der Waals surface area (Å²) in [6.07, 6.45) is 15.6. The van der Waals surface area contributed by atoms with Crippen LogP contribution in [0, 0.1) is 5.92 Å². The lowest BCUT2D eigenvalue weighted by Crippen LogP contribution is -2.50. The smallest absolute Gasteiger partial charge is 0.305 e. The number of hydrogen-bond donors (Lipinski definition) is 0. The van der Waals surface area contributed by atoms with Crippen LogP contribution in [0.3, 0.4) is 0 Å². The van der Waals surface area contributed by atoms with Crippen LogP contribution in [0.15, 0.2) is 29.1 Å². The van der Waals surface area contributed by atoms with Gasteiger partial charge in [0.05, 0.1) is 24.6 Å². The number of carbonyl (C=O) groups is 1. The molecule has 3 saturated heterocycles. The van der Waals surface area contributed by atoms with Crippen molar-refractivity contribution in [1.29, 1.82) is 0 Å². The average molecular weight is 507 g/mol. The third kappa shape index (κ3) is 4.91. The van der Waals surface area contributed by atoms with Crippen LogP contribution in [0.25, 0.3) is 11.0 Å². The monoisotopic (exact) mass is 506 g/mol. The Balaban J connectivity index is 1.28. The summed E-state index contributed by atoms with van der Waals surface area (Å²) < 4.78 is 6.98. The molecule has 7 nitrogen and oxygen atoms in total. The summed E-state index contributed by atoms with van der Waals surface area (Å²) >= 11 is 0. The third-order valence-corrected chi connectivity index (χ3v) is 9.67. The zero-order valence-electron chi connectivity index (χ0n) is 22.3. The molecule has 4 heterocycles. The molecule has 2 unspecified atom stereocenters. The van der Waals surface area contributed by atoms with E-state index >= 15 is 0 Å². The fourth-order valence-electron chi connectivity index (χ4n) is 7.95. The minimum absolute atomic E-state index is 0.0428. The second-order valence-corrected chi connectivity index (χ2v) is 11.9. The van der Waals surface area contributed by atoms with E-state index in [9.17, 15) is 9.59 Å². The van der Waals surface area contributed by atoms with Gasteiger partial charge in [0.1, 0.15) is 0 Å². The number of benzene rings is 1. The predicted octanol–water partition coefficient (Wildman–Crippen LogP) is 5.07. The van der Waals surface area contributed by atoms with E-state index in [-0.39, 0.29) is 23.5 Å². The normalized spacial score (nSPS) is 29.4. The molecule has 4 fully saturated rings. The van der Waals surface area contributed by atoms with Crippen LogP contribution in [-0.4, -0.2) is 58.7 Å². The lowest BCUT2D eigenvalue weighted by atomic mass is 9.89. The number of fused-ring (bicyclic) bond motifs is 3. The molecule has 3 aliphatic heterocycles. The highest BCUT2D eigenvalue weighted by Gasteiger charge is 2.44. The molecule has 1 aromatic carbocycles. The maximum absolute atomic E-state index is 14.1. The van der Waals surface area contributed by atoms with E-state index in [0.717, 1.165) is 42.9 Å². The van der Waals surface area contributed by atoms with Crippen LogP contribution in [0.1, 0.15) is 89.5 Å². The first-order chi connectivity index (χ1) is 18.1. The number of rotatable bonds is 5. The molecule has 200 valence electrons. The van der Waals surface area contributed by atoms with Gasteiger partial charge in [-0.05, 0) is 63.0 Å². The quantitative estimate of drug-likeness (QED) is 0.528. The van der Waals surface area contributed by atoms with Crippen molar-refractivity contribution in [2.75, 3.05) is 25.1 Å². The van der Waals surface area contributed by atoms with Crippen molar-refractivity contribution >= 4 is 22.8 Å². The number of aromatic nitrogens is 2. The highest BCUT2D eigenvalue weighted by Crippen LogP contribution is 2.44. The Bertz CT molecular complexity index is 1160. The molecule has 1 saturated carbocycles. The molecule has 4 atom stereocenters. The maximum atomic E-state index is 14.1. The molecule has 37 heavy (non-hydrogen) atoms. The molecule has 4 aliphatic rings. The number of para-hydroxylation sites is 2. The van der Waals surface area contributed by atoms with Crippen LogP contribution in [-0.2, 0) is 9.53 Å². The van der Waals surface area contributed by atoms with Gasteiger partial charge < -0.3 is 14.2 Å². The Hall–Kier alpha value is -2.41. The molecule has 1 aliphatic carbocycles. The first-order valence-corrected chi connectivity index (χ1v) is 14.7. The predicted molar refractivity (Wildman–Crippen MR) is 146 cm³/mol. The van der Waals surface area contributed by atoms with Crippen LogP contribution >= 0.6 is 0 Å². The zero-order valence-corrected chi connectivity index (χ0v) is 22.3. The van der Waals surface area contributed by atoms with Crippen molar-refractivity contribution in [2.45, 2.75) is 108 Å². The van der Waals surface area contributed by atoms with Crippen LogP contribution < -0.4 is 10.5 Å². The molecule has 7 heteroatoms. The third-order valence-electron chi connectivity index (χ3n) is 9.67. The molecular formula is C30H42N4O3. The van der Waals surface area contributed by atoms with Gasteiger partial charge in [0, 0.05) is 37.3 Å². The number of anilines is 1. The summed E-state index contributed by atoms with van der Waals surface area (Å²) in [5.41, 5.74) is 1.90. The Morgan fingerprint density at radius 3 is 2.35 bits per heavy atom. The number of ether oxygens (including phenoxy) is 1. The lowest BCUT2D eigenvalue weighted by molar-refractivity contribution is -0.141. The Labute approximate surface area is 220 Å². The van der Waals surface area contributed by atoms with Gasteiger partial charge in [-0.25, -0.2) is 4.98 Å². The summed E-state index contributed by atoms with van der Waals surface area (Å²) in [4.78, 5) is 35.8. The number of carbonyl (C=O) groups excluding carboxylic acids is 1. The minimum atomic E-state index is -0.178. The van der Waals surface area contributed by atoms with E-state index in [4.69, 9.17) is 9.72 Å². The summed E-state index contributed by atoms with van der Waals surface area (Å²) in [5.74, 6) is 0.583. The lowest BCUT2D eigenvalue weighted by Gasteiger charge is -2.45. The van der Waals surface area contributed by atoms with Crippen molar-refractivity contribution in [1.82, 2.24) is 14.5 Å². The second-order valence-electron chi connectivity index (χ2n) is 11.9. The molecule has 0 amide bonds. The van der Waals surface area contributed by atoms with Crippen molar-refractivity contribution in [3.8, 4) is 0 Å². The van der Waals surface area contributed by atoms with Crippen molar-refractivity contribution in [3.05, 3.63) is 34.6 Å². The molecule has 0 spiro atoms. The minimum Gasteiger partial charge on any atom is -0.469 e. The van der Waals surface area contributed by atoms with Gasteiger partial charge in [-0.3, -0.25) is 14.5 Å². The summed E-state index contributed by atoms with van der Waals surface area (Å²) in [6.45, 7) is 1.44. The number of methoxy groups -OCH3 is 1. The second kappa shape index (κ2) is 10.8. The summed E-state index contributed by atoms with van der Waals surface area (Å²) in [5, 5.41) is 0. The van der Waals surface area contributed by atoms with Gasteiger partial charge >= 0.3 is 5.97 Å². The Morgan fingerprint density at radius 1 is 0.919 bits per heavy atom. The number of nitrogens with zero attached hydrogens (tertiary/aromatic N) is 4.